The molecular weight excluding hydrogens is 973 g/mol. The molecule has 6 heteroatoms. The molecule has 0 aromatic heterocycles. The largest absolute Gasteiger partial charge is 0.462 e. The predicted molar refractivity (Wildman–Crippen MR) is 344 cm³/mol. The van der Waals surface area contributed by atoms with Crippen molar-refractivity contribution < 1.29 is 28.6 Å². The van der Waals surface area contributed by atoms with E-state index in [1.165, 1.54) is 205 Å². The second-order valence-corrected chi connectivity index (χ2v) is 22.7. The van der Waals surface area contributed by atoms with E-state index in [2.05, 4.69) is 106 Å². The van der Waals surface area contributed by atoms with Crippen LogP contribution in [0.15, 0.2) is 85.1 Å². The van der Waals surface area contributed by atoms with E-state index in [1.807, 2.05) is 0 Å². The fourth-order valence-electron chi connectivity index (χ4n) is 9.76. The maximum Gasteiger partial charge on any atom is 0.306 e. The Bertz CT molecular complexity index is 1500. The Hall–Kier alpha value is -3.41. The number of esters is 3. The van der Waals surface area contributed by atoms with Gasteiger partial charge in [0.1, 0.15) is 13.2 Å². The van der Waals surface area contributed by atoms with Gasteiger partial charge in [-0.2, -0.15) is 0 Å². The van der Waals surface area contributed by atoms with Gasteiger partial charge in [0.15, 0.2) is 6.10 Å². The summed E-state index contributed by atoms with van der Waals surface area (Å²) >= 11 is 0. The smallest absolute Gasteiger partial charge is 0.306 e. The van der Waals surface area contributed by atoms with Crippen LogP contribution in [0.2, 0.25) is 0 Å². The van der Waals surface area contributed by atoms with Gasteiger partial charge >= 0.3 is 17.9 Å². The molecule has 0 aliphatic rings. The Morgan fingerprint density at radius 3 is 0.835 bits per heavy atom. The number of carbonyl (C=O) groups excluding carboxylic acids is 3. The third kappa shape index (κ3) is 65.3. The molecule has 0 heterocycles. The highest BCUT2D eigenvalue weighted by molar-refractivity contribution is 5.71. The van der Waals surface area contributed by atoms with E-state index in [0.717, 1.165) is 96.3 Å². The highest BCUT2D eigenvalue weighted by Gasteiger charge is 2.19. The fourth-order valence-corrected chi connectivity index (χ4v) is 9.76. The first-order valence-corrected chi connectivity index (χ1v) is 34.1. The number of allylic oxidation sites excluding steroid dienone is 14. The molecular formula is C73H128O6. The molecule has 0 bridgehead atoms. The molecule has 0 fully saturated rings. The Kier molecular flexibility index (Phi) is 64.2. The van der Waals surface area contributed by atoms with Gasteiger partial charge in [-0.25, -0.2) is 0 Å². The molecule has 0 saturated carbocycles. The average molecular weight is 1100 g/mol. The van der Waals surface area contributed by atoms with Crippen LogP contribution in [0.1, 0.15) is 342 Å². The lowest BCUT2D eigenvalue weighted by Gasteiger charge is -2.18. The maximum absolute atomic E-state index is 12.9. The first-order chi connectivity index (χ1) is 39.0. The molecule has 0 N–H and O–H groups in total. The van der Waals surface area contributed by atoms with Crippen molar-refractivity contribution in [3.8, 4) is 0 Å². The molecule has 0 aliphatic heterocycles. The Balaban J connectivity index is 4.26. The third-order valence-corrected chi connectivity index (χ3v) is 14.9. The van der Waals surface area contributed by atoms with Gasteiger partial charge in [-0.15, -0.1) is 0 Å². The van der Waals surface area contributed by atoms with E-state index in [4.69, 9.17) is 14.2 Å². The number of rotatable bonds is 62. The fraction of sp³-hybridized carbons (Fsp3) is 0.767. The van der Waals surface area contributed by atoms with Crippen molar-refractivity contribution >= 4 is 17.9 Å². The Morgan fingerprint density at radius 1 is 0.266 bits per heavy atom. The first-order valence-electron chi connectivity index (χ1n) is 34.1. The molecule has 0 amide bonds. The summed E-state index contributed by atoms with van der Waals surface area (Å²) in [5, 5.41) is 0. The molecule has 0 radical (unpaired) electrons. The Labute approximate surface area is 490 Å². The summed E-state index contributed by atoms with van der Waals surface area (Å²) in [7, 11) is 0. The minimum absolute atomic E-state index is 0.0909. The van der Waals surface area contributed by atoms with Crippen LogP contribution in [-0.2, 0) is 28.6 Å². The van der Waals surface area contributed by atoms with Gasteiger partial charge in [-0.1, -0.05) is 292 Å². The first kappa shape index (κ1) is 75.6. The van der Waals surface area contributed by atoms with Gasteiger partial charge in [-0.05, 0) is 116 Å². The number of hydrogen-bond acceptors (Lipinski definition) is 6. The van der Waals surface area contributed by atoms with Gasteiger partial charge in [-0.3, -0.25) is 14.4 Å². The van der Waals surface area contributed by atoms with Crippen LogP contribution in [0.4, 0.5) is 0 Å². The summed E-state index contributed by atoms with van der Waals surface area (Å²) in [6, 6.07) is 0. The van der Waals surface area contributed by atoms with Crippen LogP contribution < -0.4 is 0 Å². The second-order valence-electron chi connectivity index (χ2n) is 22.7. The van der Waals surface area contributed by atoms with E-state index >= 15 is 0 Å². The summed E-state index contributed by atoms with van der Waals surface area (Å²) in [4.78, 5) is 38.3. The van der Waals surface area contributed by atoms with Crippen molar-refractivity contribution in [2.45, 2.75) is 348 Å². The van der Waals surface area contributed by atoms with Crippen molar-refractivity contribution in [3.63, 3.8) is 0 Å². The van der Waals surface area contributed by atoms with Crippen LogP contribution >= 0.6 is 0 Å². The van der Waals surface area contributed by atoms with Crippen molar-refractivity contribution in [1.29, 1.82) is 0 Å². The lowest BCUT2D eigenvalue weighted by atomic mass is 10.0. The molecule has 456 valence electrons. The summed E-state index contributed by atoms with van der Waals surface area (Å²) in [5.41, 5.74) is 0. The van der Waals surface area contributed by atoms with E-state index in [9.17, 15) is 14.4 Å². The molecule has 0 saturated heterocycles. The number of ether oxygens (including phenoxy) is 3. The summed E-state index contributed by atoms with van der Waals surface area (Å²) in [5.74, 6) is -0.928. The molecule has 1 atom stereocenters. The molecule has 79 heavy (non-hydrogen) atoms. The van der Waals surface area contributed by atoms with Crippen LogP contribution in [0.3, 0.4) is 0 Å². The minimum atomic E-state index is -0.799. The topological polar surface area (TPSA) is 78.9 Å². The van der Waals surface area contributed by atoms with Crippen molar-refractivity contribution in [3.05, 3.63) is 85.1 Å². The van der Waals surface area contributed by atoms with Crippen molar-refractivity contribution in [2.75, 3.05) is 13.2 Å². The lowest BCUT2D eigenvalue weighted by Crippen LogP contribution is -2.30. The monoisotopic (exact) mass is 1100 g/mol. The quantitative estimate of drug-likeness (QED) is 0.0261. The van der Waals surface area contributed by atoms with Gasteiger partial charge in [0.05, 0.1) is 0 Å². The molecule has 0 aromatic rings. The number of unbranched alkanes of at least 4 members (excludes halogenated alkanes) is 37. The highest BCUT2D eigenvalue weighted by atomic mass is 16.6. The molecule has 1 unspecified atom stereocenters. The third-order valence-electron chi connectivity index (χ3n) is 14.9. The lowest BCUT2D eigenvalue weighted by molar-refractivity contribution is -0.167. The molecule has 0 aromatic carbocycles. The minimum Gasteiger partial charge on any atom is -0.462 e. The van der Waals surface area contributed by atoms with Crippen molar-refractivity contribution in [2.24, 2.45) is 0 Å². The average Bonchev–Trinajstić information content (AvgIpc) is 3.45. The van der Waals surface area contributed by atoms with E-state index in [-0.39, 0.29) is 31.1 Å². The zero-order chi connectivity index (χ0) is 57.1. The van der Waals surface area contributed by atoms with E-state index in [0.29, 0.717) is 19.3 Å². The van der Waals surface area contributed by atoms with Crippen molar-refractivity contribution in [1.82, 2.24) is 0 Å². The summed E-state index contributed by atoms with van der Waals surface area (Å²) in [6.07, 6.45) is 89.0. The van der Waals surface area contributed by atoms with E-state index < -0.39 is 6.10 Å². The standard InChI is InChI=1S/C73H128O6/c1-4-7-10-13-16-19-22-25-28-30-31-32-33-34-35-36-37-38-39-40-41-43-45-48-51-54-57-60-63-66-72(75)78-69-70(68-77-71(74)65-62-59-56-53-50-47-44-27-24-21-18-15-12-9-6-3)79-73(76)67-64-61-58-55-52-49-46-42-29-26-23-20-17-14-11-8-5-2/h9,12,17-18,20-21,26-27,29-31,44,50,53,70H,4-8,10-11,13-16,19,22-25,28,32-43,45-49,51-52,54-69H2,1-3H3/b12-9-,20-17-,21-18-,29-26-,31-30-,44-27-,53-50-. The number of hydrogen-bond donors (Lipinski definition) is 0. The summed E-state index contributed by atoms with van der Waals surface area (Å²) in [6.45, 7) is 6.50. The SMILES string of the molecule is CC/C=C\C/C=C\C/C=C\C/C=C\CCCCC(=O)OCC(COC(=O)CCCCCCCCCCCCCCCCCCC/C=C\CCCCCCCCCC)OC(=O)CCCCCCCCC/C=C\C/C=C\CCCCC. The zero-order valence-electron chi connectivity index (χ0n) is 52.4. The van der Waals surface area contributed by atoms with E-state index in [1.54, 1.807) is 0 Å². The number of carbonyl (C=O) groups is 3. The zero-order valence-corrected chi connectivity index (χ0v) is 52.4. The van der Waals surface area contributed by atoms with Crippen LogP contribution in [-0.4, -0.2) is 37.2 Å². The molecule has 6 nitrogen and oxygen atoms in total. The maximum atomic E-state index is 12.9. The van der Waals surface area contributed by atoms with Crippen LogP contribution in [0.5, 0.6) is 0 Å². The normalized spacial score (nSPS) is 12.6. The van der Waals surface area contributed by atoms with Crippen LogP contribution in [0, 0.1) is 0 Å². The molecule has 0 aliphatic carbocycles. The van der Waals surface area contributed by atoms with Gasteiger partial charge in [0.25, 0.3) is 0 Å². The summed E-state index contributed by atoms with van der Waals surface area (Å²) < 4.78 is 16.9. The van der Waals surface area contributed by atoms with Gasteiger partial charge in [0.2, 0.25) is 0 Å². The predicted octanol–water partition coefficient (Wildman–Crippen LogP) is 23.4. The Morgan fingerprint density at radius 2 is 0.494 bits per heavy atom. The second kappa shape index (κ2) is 67.1. The van der Waals surface area contributed by atoms with Crippen LogP contribution in [0.25, 0.3) is 0 Å². The van der Waals surface area contributed by atoms with Gasteiger partial charge < -0.3 is 14.2 Å². The molecule has 0 spiro atoms. The molecule has 0 rings (SSSR count). The highest BCUT2D eigenvalue weighted by Crippen LogP contribution is 2.17. The van der Waals surface area contributed by atoms with Gasteiger partial charge in [0, 0.05) is 19.3 Å².